The number of aromatic nitrogens is 1. The lowest BCUT2D eigenvalue weighted by molar-refractivity contribution is 0.202. The van der Waals surface area contributed by atoms with Crippen LogP contribution in [-0.4, -0.2) is 46.9 Å². The molecule has 1 unspecified atom stereocenters. The molecule has 1 aromatic heterocycles. The molecule has 1 aromatic carbocycles. The molecule has 0 bridgehead atoms. The van der Waals surface area contributed by atoms with Crippen LogP contribution in [0.15, 0.2) is 41.6 Å². The topological polar surface area (TPSA) is 78.0 Å². The summed E-state index contributed by atoms with van der Waals surface area (Å²) < 4.78 is 44.3. The number of ether oxygens (including phenoxy) is 3. The Morgan fingerprint density at radius 3 is 2.85 bits per heavy atom. The molecule has 0 saturated carbocycles. The molecule has 26 heavy (non-hydrogen) atoms. The van der Waals surface area contributed by atoms with Gasteiger partial charge in [-0.3, -0.25) is 9.29 Å². The molecule has 0 radical (unpaired) electrons. The van der Waals surface area contributed by atoms with Crippen molar-refractivity contribution in [1.29, 1.82) is 0 Å². The van der Waals surface area contributed by atoms with E-state index in [0.717, 1.165) is 5.56 Å². The van der Waals surface area contributed by atoms with Gasteiger partial charge in [-0.05, 0) is 31.0 Å². The van der Waals surface area contributed by atoms with Crippen molar-refractivity contribution >= 4 is 15.7 Å². The number of hydrogen-bond donors (Lipinski definition) is 0. The molecule has 0 spiro atoms. The zero-order chi connectivity index (χ0) is 18.7. The van der Waals surface area contributed by atoms with E-state index in [1.807, 2.05) is 13.0 Å². The minimum Gasteiger partial charge on any atom is -0.495 e. The van der Waals surface area contributed by atoms with Crippen LogP contribution in [0.3, 0.4) is 0 Å². The summed E-state index contributed by atoms with van der Waals surface area (Å²) in [5.41, 5.74) is 1.29. The van der Waals surface area contributed by atoms with Gasteiger partial charge in [-0.25, -0.2) is 8.42 Å². The summed E-state index contributed by atoms with van der Waals surface area (Å²) in [7, 11) is -0.781. The van der Waals surface area contributed by atoms with E-state index in [1.54, 1.807) is 31.5 Å². The summed E-state index contributed by atoms with van der Waals surface area (Å²) in [5, 5.41) is 0. The van der Waals surface area contributed by atoms with E-state index in [4.69, 9.17) is 14.2 Å². The number of benzene rings is 1. The molecule has 2 heterocycles. The van der Waals surface area contributed by atoms with Gasteiger partial charge < -0.3 is 14.2 Å². The van der Waals surface area contributed by atoms with Crippen molar-refractivity contribution in [3.63, 3.8) is 0 Å². The number of hydrogen-bond acceptors (Lipinski definition) is 6. The Morgan fingerprint density at radius 1 is 1.31 bits per heavy atom. The molecular formula is C18H22N2O5S. The summed E-state index contributed by atoms with van der Waals surface area (Å²) in [6, 6.07) is 6.82. The average molecular weight is 378 g/mol. The van der Waals surface area contributed by atoms with E-state index in [0.29, 0.717) is 30.2 Å². The van der Waals surface area contributed by atoms with E-state index < -0.39 is 10.0 Å². The maximum atomic E-state index is 13.4. The molecule has 1 atom stereocenters. The fourth-order valence-electron chi connectivity index (χ4n) is 2.89. The Labute approximate surface area is 153 Å². The van der Waals surface area contributed by atoms with E-state index in [9.17, 15) is 8.42 Å². The lowest BCUT2D eigenvalue weighted by Crippen LogP contribution is -2.42. The first-order valence-electron chi connectivity index (χ1n) is 8.26. The Hall–Kier alpha value is -2.32. The summed E-state index contributed by atoms with van der Waals surface area (Å²) >= 11 is 0. The Morgan fingerprint density at radius 2 is 2.12 bits per heavy atom. The van der Waals surface area contributed by atoms with Crippen molar-refractivity contribution in [3.8, 4) is 11.5 Å². The van der Waals surface area contributed by atoms with Gasteiger partial charge in [0.2, 0.25) is 0 Å². The summed E-state index contributed by atoms with van der Waals surface area (Å²) in [6.45, 7) is 2.54. The molecule has 2 aromatic rings. The number of fused-ring (bicyclic) bond motifs is 1. The number of sulfonamides is 1. The second kappa shape index (κ2) is 7.51. The van der Waals surface area contributed by atoms with Gasteiger partial charge in [-0.2, -0.15) is 0 Å². The summed E-state index contributed by atoms with van der Waals surface area (Å²) in [6.07, 6.45) is 3.41. The third kappa shape index (κ3) is 3.47. The highest BCUT2D eigenvalue weighted by atomic mass is 32.2. The fraction of sp³-hybridized carbons (Fsp3) is 0.389. The van der Waals surface area contributed by atoms with E-state index in [-0.39, 0.29) is 17.5 Å². The highest BCUT2D eigenvalue weighted by molar-refractivity contribution is 7.93. The molecular weight excluding hydrogens is 356 g/mol. The molecule has 1 aliphatic heterocycles. The Bertz CT molecular complexity index is 885. The van der Waals surface area contributed by atoms with Crippen LogP contribution in [-0.2, 0) is 21.2 Å². The molecule has 1 aliphatic rings. The van der Waals surface area contributed by atoms with Crippen LogP contribution in [0.25, 0.3) is 0 Å². The second-order valence-corrected chi connectivity index (χ2v) is 7.87. The number of nitrogens with zero attached hydrogens (tertiary/aromatic N) is 2. The first kappa shape index (κ1) is 18.5. The van der Waals surface area contributed by atoms with Crippen molar-refractivity contribution < 1.29 is 22.6 Å². The zero-order valence-electron chi connectivity index (χ0n) is 15.0. The van der Waals surface area contributed by atoms with Gasteiger partial charge >= 0.3 is 0 Å². The molecule has 0 aliphatic carbocycles. The Balaban J connectivity index is 2.08. The van der Waals surface area contributed by atoms with Crippen LogP contribution in [0.5, 0.6) is 11.5 Å². The van der Waals surface area contributed by atoms with Crippen molar-refractivity contribution in [2.45, 2.75) is 24.3 Å². The highest BCUT2D eigenvalue weighted by Crippen LogP contribution is 2.38. The van der Waals surface area contributed by atoms with E-state index >= 15 is 0 Å². The fourth-order valence-corrected chi connectivity index (χ4v) is 4.64. The zero-order valence-corrected chi connectivity index (χ0v) is 15.8. The standard InChI is InChI=1S/C18H22N2O5S/c1-13-12-20(15-11-19-8-6-16(15)25-13)26(21,22)18-10-14(7-9-23-2)4-5-17(18)24-3/h4-6,8,10-11,13H,7,9,12H2,1-3H3. The van der Waals surface area contributed by atoms with E-state index in [1.165, 1.54) is 17.6 Å². The van der Waals surface area contributed by atoms with Crippen molar-refractivity contribution in [3.05, 3.63) is 42.2 Å². The second-order valence-electron chi connectivity index (χ2n) is 6.04. The average Bonchev–Trinajstić information content (AvgIpc) is 2.65. The maximum absolute atomic E-state index is 13.4. The summed E-state index contributed by atoms with van der Waals surface area (Å²) in [4.78, 5) is 4.17. The van der Waals surface area contributed by atoms with Crippen LogP contribution in [0.2, 0.25) is 0 Å². The number of pyridine rings is 1. The molecule has 7 nitrogen and oxygen atoms in total. The predicted octanol–water partition coefficient (Wildman–Crippen LogP) is 2.26. The molecule has 8 heteroatoms. The third-order valence-corrected chi connectivity index (χ3v) is 5.97. The van der Waals surface area contributed by atoms with Crippen LogP contribution in [0, 0.1) is 0 Å². The quantitative estimate of drug-likeness (QED) is 0.767. The van der Waals surface area contributed by atoms with Crippen LogP contribution >= 0.6 is 0 Å². The number of methoxy groups -OCH3 is 2. The maximum Gasteiger partial charge on any atom is 0.268 e. The van der Waals surface area contributed by atoms with E-state index in [2.05, 4.69) is 4.98 Å². The van der Waals surface area contributed by atoms with Gasteiger partial charge in [0.05, 0.1) is 26.5 Å². The predicted molar refractivity (Wildman–Crippen MR) is 97.4 cm³/mol. The van der Waals surface area contributed by atoms with Gasteiger partial charge in [-0.15, -0.1) is 0 Å². The lowest BCUT2D eigenvalue weighted by atomic mass is 10.1. The van der Waals surface area contributed by atoms with Gasteiger partial charge in [0.1, 0.15) is 28.2 Å². The molecule has 0 amide bonds. The SMILES string of the molecule is COCCc1ccc(OC)c(S(=O)(=O)N2CC(C)Oc3ccncc32)c1. The molecule has 0 N–H and O–H groups in total. The smallest absolute Gasteiger partial charge is 0.268 e. The molecule has 0 fully saturated rings. The number of rotatable bonds is 6. The largest absolute Gasteiger partial charge is 0.495 e. The van der Waals surface area contributed by atoms with Gasteiger partial charge in [0.25, 0.3) is 10.0 Å². The van der Waals surface area contributed by atoms with Crippen molar-refractivity contribution in [2.75, 3.05) is 31.7 Å². The van der Waals surface area contributed by atoms with Crippen LogP contribution in [0.1, 0.15) is 12.5 Å². The lowest BCUT2D eigenvalue weighted by Gasteiger charge is -2.33. The van der Waals surface area contributed by atoms with Crippen LogP contribution < -0.4 is 13.8 Å². The number of anilines is 1. The molecule has 140 valence electrons. The van der Waals surface area contributed by atoms with Crippen molar-refractivity contribution in [2.24, 2.45) is 0 Å². The van der Waals surface area contributed by atoms with Gasteiger partial charge in [0.15, 0.2) is 0 Å². The molecule has 0 saturated heterocycles. The minimum atomic E-state index is -3.85. The first-order valence-corrected chi connectivity index (χ1v) is 9.70. The first-order chi connectivity index (χ1) is 12.5. The third-order valence-electron chi connectivity index (χ3n) is 4.17. The normalized spacial score (nSPS) is 16.7. The molecule has 3 rings (SSSR count). The van der Waals surface area contributed by atoms with Crippen LogP contribution in [0.4, 0.5) is 5.69 Å². The monoisotopic (exact) mass is 378 g/mol. The van der Waals surface area contributed by atoms with Gasteiger partial charge in [0, 0.05) is 19.4 Å². The minimum absolute atomic E-state index is 0.123. The van der Waals surface area contributed by atoms with Gasteiger partial charge in [-0.1, -0.05) is 6.07 Å². The Kier molecular flexibility index (Phi) is 5.33. The van der Waals surface area contributed by atoms with Crippen molar-refractivity contribution in [1.82, 2.24) is 4.98 Å². The highest BCUT2D eigenvalue weighted by Gasteiger charge is 2.35. The summed E-state index contributed by atoms with van der Waals surface area (Å²) in [5.74, 6) is 0.799.